The zero-order valence-corrected chi connectivity index (χ0v) is 11.1. The van der Waals surface area contributed by atoms with Crippen LogP contribution < -0.4 is 0 Å². The highest BCUT2D eigenvalue weighted by Gasteiger charge is 2.22. The average Bonchev–Trinajstić information content (AvgIpc) is 1.84. The van der Waals surface area contributed by atoms with Gasteiger partial charge in [0.1, 0.15) is 0 Å². The molecule has 0 rings (SSSR count). The maximum Gasteiger partial charge on any atom is 0.308 e. The third kappa shape index (κ3) is 8.74. The van der Waals surface area contributed by atoms with E-state index in [4.69, 9.17) is 4.74 Å². The van der Waals surface area contributed by atoms with Crippen molar-refractivity contribution < 1.29 is 9.53 Å². The number of carbonyl (C=O) groups is 1. The van der Waals surface area contributed by atoms with Crippen molar-refractivity contribution in [2.75, 3.05) is 0 Å². The number of alkyl halides is 3. The van der Waals surface area contributed by atoms with Crippen LogP contribution in [0, 0.1) is 0 Å². The molecule has 0 bridgehead atoms. The molecule has 0 N–H and O–H groups in total. The van der Waals surface area contributed by atoms with Gasteiger partial charge in [-0.25, -0.2) is 0 Å². The van der Waals surface area contributed by atoms with Crippen molar-refractivity contribution in [3.63, 3.8) is 0 Å². The molecule has 0 atom stereocenters. The molecule has 0 amide bonds. The fourth-order valence-electron chi connectivity index (χ4n) is 0.571. The van der Waals surface area contributed by atoms with Crippen molar-refractivity contribution in [1.82, 2.24) is 0 Å². The lowest BCUT2D eigenvalue weighted by Gasteiger charge is -2.12. The Bertz CT molecular complexity index is 163. The van der Waals surface area contributed by atoms with Gasteiger partial charge in [-0.1, -0.05) is 6.08 Å². The first-order valence-electron chi connectivity index (χ1n) is 3.35. The Labute approximate surface area is 97.1 Å². The molecule has 0 spiro atoms. The molecule has 0 radical (unpaired) electrons. The van der Waals surface area contributed by atoms with Gasteiger partial charge < -0.3 is 4.74 Å². The lowest BCUT2D eigenvalue weighted by Crippen LogP contribution is -2.13. The molecule has 0 saturated carbocycles. The monoisotopic (exact) mass is 362 g/mol. The van der Waals surface area contributed by atoms with E-state index in [9.17, 15) is 4.79 Å². The van der Waals surface area contributed by atoms with Crippen molar-refractivity contribution in [2.45, 2.75) is 21.6 Å². The molecule has 0 aliphatic heterocycles. The van der Waals surface area contributed by atoms with Gasteiger partial charge in [0.25, 0.3) is 2.33 Å². The summed E-state index contributed by atoms with van der Waals surface area (Å²) in [5.74, 6) is -0.262. The lowest BCUT2D eigenvalue weighted by atomic mass is 10.2. The molecular weight excluding hydrogens is 356 g/mol. The maximum absolute atomic E-state index is 11.0. The summed E-state index contributed by atoms with van der Waals surface area (Å²) in [5, 5.41) is 0. The zero-order valence-electron chi connectivity index (χ0n) is 6.36. The Morgan fingerprint density at radius 2 is 2.08 bits per heavy atom. The highest BCUT2D eigenvalue weighted by molar-refractivity contribution is 9.39. The third-order valence-electron chi connectivity index (χ3n) is 1.02. The van der Waals surface area contributed by atoms with Gasteiger partial charge >= 0.3 is 5.97 Å². The number of ether oxygens (including phenoxy) is 1. The van der Waals surface area contributed by atoms with Crippen LogP contribution in [0.1, 0.15) is 19.3 Å². The molecule has 0 aliphatic rings. The van der Waals surface area contributed by atoms with Crippen LogP contribution in [-0.4, -0.2) is 8.30 Å². The molecule has 0 unspecified atom stereocenters. The zero-order chi connectivity index (χ0) is 9.61. The van der Waals surface area contributed by atoms with E-state index >= 15 is 0 Å². The summed E-state index contributed by atoms with van der Waals surface area (Å²) >= 11 is 9.17. The summed E-state index contributed by atoms with van der Waals surface area (Å²) < 4.78 is 3.94. The van der Waals surface area contributed by atoms with Crippen LogP contribution in [0.3, 0.4) is 0 Å². The minimum absolute atomic E-state index is 0.262. The second-order valence-electron chi connectivity index (χ2n) is 2.10. The highest BCUT2D eigenvalue weighted by Crippen LogP contribution is 2.35. The van der Waals surface area contributed by atoms with Crippen LogP contribution >= 0.6 is 47.8 Å². The molecule has 0 fully saturated rings. The van der Waals surface area contributed by atoms with Gasteiger partial charge in [-0.2, -0.15) is 0 Å². The fraction of sp³-hybridized carbons (Fsp3) is 0.571. The first kappa shape index (κ1) is 12.7. The van der Waals surface area contributed by atoms with Gasteiger partial charge in [-0.15, -0.1) is 6.58 Å². The minimum Gasteiger partial charge on any atom is -0.427 e. The highest BCUT2D eigenvalue weighted by atomic mass is 80.0. The SMILES string of the molecule is C=CCCCC(=O)OC(Br)(Br)Br. The Morgan fingerprint density at radius 1 is 1.50 bits per heavy atom. The quantitative estimate of drug-likeness (QED) is 0.329. The molecule has 0 aromatic rings. The van der Waals surface area contributed by atoms with Crippen LogP contribution in [0.5, 0.6) is 0 Å². The smallest absolute Gasteiger partial charge is 0.308 e. The van der Waals surface area contributed by atoms with E-state index in [2.05, 4.69) is 54.4 Å². The van der Waals surface area contributed by atoms with Gasteiger partial charge in [-0.3, -0.25) is 4.79 Å². The van der Waals surface area contributed by atoms with Crippen LogP contribution in [-0.2, 0) is 9.53 Å². The second-order valence-corrected chi connectivity index (χ2v) is 8.64. The largest absolute Gasteiger partial charge is 0.427 e. The minimum atomic E-state index is -0.918. The number of hydrogen-bond acceptors (Lipinski definition) is 2. The number of rotatable bonds is 4. The van der Waals surface area contributed by atoms with E-state index in [0.717, 1.165) is 12.8 Å². The first-order chi connectivity index (χ1) is 5.45. The van der Waals surface area contributed by atoms with Crippen LogP contribution in [0.4, 0.5) is 0 Å². The standard InChI is InChI=1S/C7H9Br3O2/c1-2-3-4-5-6(11)12-7(8,9)10/h2H,1,3-5H2. The second kappa shape index (κ2) is 6.16. The van der Waals surface area contributed by atoms with E-state index in [1.807, 2.05) is 0 Å². The summed E-state index contributed by atoms with van der Waals surface area (Å²) in [7, 11) is 0. The van der Waals surface area contributed by atoms with Crippen LogP contribution in [0.15, 0.2) is 12.7 Å². The predicted octanol–water partition coefficient (Wildman–Crippen LogP) is 3.68. The van der Waals surface area contributed by atoms with Gasteiger partial charge in [-0.05, 0) is 60.6 Å². The normalized spacial score (nSPS) is 10.9. The fourth-order valence-corrected chi connectivity index (χ4v) is 1.11. The summed E-state index contributed by atoms with van der Waals surface area (Å²) in [6.45, 7) is 3.55. The van der Waals surface area contributed by atoms with Crippen molar-refractivity contribution in [3.8, 4) is 0 Å². The van der Waals surface area contributed by atoms with E-state index in [1.165, 1.54) is 0 Å². The molecular formula is C7H9Br3O2. The molecule has 0 aromatic carbocycles. The number of esters is 1. The average molecular weight is 365 g/mol. The van der Waals surface area contributed by atoms with E-state index in [0.29, 0.717) is 6.42 Å². The van der Waals surface area contributed by atoms with Crippen molar-refractivity contribution in [1.29, 1.82) is 0 Å². The molecule has 0 aliphatic carbocycles. The molecule has 2 nitrogen and oxygen atoms in total. The molecule has 70 valence electrons. The number of unbranched alkanes of at least 4 members (excludes halogenated alkanes) is 1. The van der Waals surface area contributed by atoms with Gasteiger partial charge in [0, 0.05) is 6.42 Å². The summed E-state index contributed by atoms with van der Waals surface area (Å²) in [4.78, 5) is 11.0. The Kier molecular flexibility index (Phi) is 6.49. The summed E-state index contributed by atoms with van der Waals surface area (Å²) in [5.41, 5.74) is 0. The lowest BCUT2D eigenvalue weighted by molar-refractivity contribution is -0.142. The maximum atomic E-state index is 11.0. The molecule has 12 heavy (non-hydrogen) atoms. The molecule has 5 heteroatoms. The van der Waals surface area contributed by atoms with Gasteiger partial charge in [0.2, 0.25) is 0 Å². The number of carbonyl (C=O) groups excluding carboxylic acids is 1. The van der Waals surface area contributed by atoms with Crippen molar-refractivity contribution >= 4 is 53.8 Å². The summed E-state index contributed by atoms with van der Waals surface area (Å²) in [6.07, 6.45) is 3.77. The number of allylic oxidation sites excluding steroid dienone is 1. The Morgan fingerprint density at radius 3 is 2.50 bits per heavy atom. The summed E-state index contributed by atoms with van der Waals surface area (Å²) in [6, 6.07) is 0. The van der Waals surface area contributed by atoms with E-state index in [-0.39, 0.29) is 5.97 Å². The molecule has 0 aromatic heterocycles. The first-order valence-corrected chi connectivity index (χ1v) is 5.73. The molecule has 0 saturated heterocycles. The topological polar surface area (TPSA) is 26.3 Å². The third-order valence-corrected chi connectivity index (χ3v) is 1.50. The van der Waals surface area contributed by atoms with Crippen LogP contribution in [0.2, 0.25) is 0 Å². The van der Waals surface area contributed by atoms with Crippen molar-refractivity contribution in [3.05, 3.63) is 12.7 Å². The van der Waals surface area contributed by atoms with E-state index < -0.39 is 2.33 Å². The number of hydrogen-bond donors (Lipinski definition) is 0. The molecule has 0 heterocycles. The van der Waals surface area contributed by atoms with Crippen molar-refractivity contribution in [2.24, 2.45) is 0 Å². The number of halogens is 3. The Hall–Kier alpha value is 0.650. The van der Waals surface area contributed by atoms with Gasteiger partial charge in [0.05, 0.1) is 0 Å². The van der Waals surface area contributed by atoms with Crippen LogP contribution in [0.25, 0.3) is 0 Å². The van der Waals surface area contributed by atoms with Gasteiger partial charge in [0.15, 0.2) is 0 Å². The predicted molar refractivity (Wildman–Crippen MR) is 59.7 cm³/mol. The van der Waals surface area contributed by atoms with E-state index in [1.54, 1.807) is 6.08 Å². The Balaban J connectivity index is 3.53.